The van der Waals surface area contributed by atoms with Gasteiger partial charge in [-0.05, 0) is 59.4 Å². The molecule has 1 aliphatic heterocycles. The number of hydrogen-bond donors (Lipinski definition) is 2. The third kappa shape index (κ3) is 3.82. The first-order valence-corrected chi connectivity index (χ1v) is 11.7. The van der Waals surface area contributed by atoms with Gasteiger partial charge in [-0.25, -0.2) is 0 Å². The number of carbonyl (C=O) groups excluding carboxylic acids is 1. The summed E-state index contributed by atoms with van der Waals surface area (Å²) >= 11 is 0. The van der Waals surface area contributed by atoms with E-state index in [4.69, 9.17) is 23.7 Å². The van der Waals surface area contributed by atoms with Crippen LogP contribution in [-0.4, -0.2) is 44.1 Å². The summed E-state index contributed by atoms with van der Waals surface area (Å²) in [5.74, 6) is 1.07. The van der Waals surface area contributed by atoms with Gasteiger partial charge in [0.25, 0.3) is 0 Å². The van der Waals surface area contributed by atoms with Crippen molar-refractivity contribution < 1.29 is 38.7 Å². The van der Waals surface area contributed by atoms with Crippen LogP contribution in [0.5, 0.6) is 34.5 Å². The van der Waals surface area contributed by atoms with Gasteiger partial charge < -0.3 is 33.9 Å². The summed E-state index contributed by atoms with van der Waals surface area (Å²) in [6, 6.07) is 10.6. The Bertz CT molecular complexity index is 1320. The molecule has 0 radical (unpaired) electrons. The lowest BCUT2D eigenvalue weighted by molar-refractivity contribution is -0.149. The number of ether oxygens (including phenoxy) is 5. The van der Waals surface area contributed by atoms with Crippen molar-refractivity contribution in [3.05, 3.63) is 58.7 Å². The van der Waals surface area contributed by atoms with Gasteiger partial charge in [-0.15, -0.1) is 0 Å². The first-order valence-electron chi connectivity index (χ1n) is 11.7. The van der Waals surface area contributed by atoms with Crippen LogP contribution in [0, 0.1) is 0 Å². The molecule has 0 unspecified atom stereocenters. The molecular weight excluding hydrogens is 464 g/mol. The molecule has 0 aromatic heterocycles. The molecule has 2 N–H and O–H groups in total. The minimum absolute atomic E-state index is 0.105. The number of aromatic hydroxyl groups is 2. The van der Waals surface area contributed by atoms with Crippen molar-refractivity contribution in [2.45, 2.75) is 31.8 Å². The summed E-state index contributed by atoms with van der Waals surface area (Å²) < 4.78 is 28.7. The van der Waals surface area contributed by atoms with Gasteiger partial charge in [-0.3, -0.25) is 4.79 Å². The maximum Gasteiger partial charge on any atom is 0.303 e. The number of hydrogen-bond acceptors (Lipinski definition) is 8. The quantitative estimate of drug-likeness (QED) is 0.496. The van der Waals surface area contributed by atoms with Crippen LogP contribution in [0.15, 0.2) is 36.4 Å². The van der Waals surface area contributed by atoms with E-state index in [9.17, 15) is 15.0 Å². The van der Waals surface area contributed by atoms with Crippen molar-refractivity contribution in [3.63, 3.8) is 0 Å². The second kappa shape index (κ2) is 9.18. The average molecular weight is 493 g/mol. The van der Waals surface area contributed by atoms with Gasteiger partial charge in [0.05, 0.1) is 33.9 Å². The van der Waals surface area contributed by atoms with Crippen molar-refractivity contribution in [2.24, 2.45) is 0 Å². The standard InChI is InChI=1S/C28H28O8/c1-14(29)36-28-20(16-10-23(33-3)27(31)24(11-16)34-4)13-35-22-12-21(32-2)25-18-8-6-17(30)9-15(18)5-7-19(25)26(22)28/h6,8-12,20,28,30-31H,5,7,13H2,1-4H3/t20-,28-/m0/s1. The molecule has 1 heterocycles. The van der Waals surface area contributed by atoms with Gasteiger partial charge >= 0.3 is 5.97 Å². The van der Waals surface area contributed by atoms with E-state index in [1.54, 1.807) is 31.4 Å². The molecule has 8 nitrogen and oxygen atoms in total. The number of benzene rings is 3. The fourth-order valence-corrected chi connectivity index (χ4v) is 5.33. The molecule has 0 fully saturated rings. The van der Waals surface area contributed by atoms with E-state index >= 15 is 0 Å². The van der Waals surface area contributed by atoms with E-state index in [1.807, 2.05) is 12.1 Å². The molecule has 1 aliphatic carbocycles. The molecular formula is C28H28O8. The van der Waals surface area contributed by atoms with Gasteiger partial charge in [0.2, 0.25) is 5.75 Å². The first-order chi connectivity index (χ1) is 17.4. The molecule has 188 valence electrons. The maximum atomic E-state index is 12.3. The zero-order valence-corrected chi connectivity index (χ0v) is 20.6. The third-order valence-corrected chi connectivity index (χ3v) is 6.91. The van der Waals surface area contributed by atoms with E-state index in [0.29, 0.717) is 24.3 Å². The summed E-state index contributed by atoms with van der Waals surface area (Å²) in [6.45, 7) is 1.62. The van der Waals surface area contributed by atoms with E-state index in [2.05, 4.69) is 0 Å². The molecule has 36 heavy (non-hydrogen) atoms. The van der Waals surface area contributed by atoms with Crippen LogP contribution in [-0.2, 0) is 22.4 Å². The van der Waals surface area contributed by atoms with Gasteiger partial charge in [-0.2, -0.15) is 0 Å². The first kappa shape index (κ1) is 23.7. The Morgan fingerprint density at radius 2 is 1.64 bits per heavy atom. The Labute approximate surface area is 209 Å². The monoisotopic (exact) mass is 492 g/mol. The van der Waals surface area contributed by atoms with Crippen LogP contribution in [0.4, 0.5) is 0 Å². The highest BCUT2D eigenvalue weighted by Crippen LogP contribution is 2.53. The predicted octanol–water partition coefficient (Wildman–Crippen LogP) is 4.67. The van der Waals surface area contributed by atoms with E-state index in [-0.39, 0.29) is 35.5 Å². The molecule has 0 spiro atoms. The van der Waals surface area contributed by atoms with Crippen LogP contribution in [0.2, 0.25) is 0 Å². The zero-order valence-electron chi connectivity index (χ0n) is 20.6. The number of rotatable bonds is 5. The molecule has 5 rings (SSSR count). The summed E-state index contributed by atoms with van der Waals surface area (Å²) in [4.78, 5) is 12.3. The number of methoxy groups -OCH3 is 3. The fourth-order valence-electron chi connectivity index (χ4n) is 5.33. The molecule has 2 atom stereocenters. The zero-order chi connectivity index (χ0) is 25.6. The minimum Gasteiger partial charge on any atom is -0.508 e. The Kier molecular flexibility index (Phi) is 6.04. The Balaban J connectivity index is 1.72. The number of aryl methyl sites for hydroxylation is 1. The van der Waals surface area contributed by atoms with E-state index in [0.717, 1.165) is 33.4 Å². The number of carbonyl (C=O) groups is 1. The summed E-state index contributed by atoms with van der Waals surface area (Å²) in [5.41, 5.74) is 5.40. The highest BCUT2D eigenvalue weighted by molar-refractivity contribution is 5.82. The summed E-state index contributed by atoms with van der Waals surface area (Å²) in [7, 11) is 4.54. The van der Waals surface area contributed by atoms with Crippen LogP contribution in [0.3, 0.4) is 0 Å². The number of esters is 1. The molecule has 3 aromatic rings. The second-order valence-corrected chi connectivity index (χ2v) is 8.91. The van der Waals surface area contributed by atoms with Crippen LogP contribution in [0.1, 0.15) is 41.2 Å². The van der Waals surface area contributed by atoms with Gasteiger partial charge in [-0.1, -0.05) is 6.07 Å². The van der Waals surface area contributed by atoms with E-state index in [1.165, 1.54) is 21.1 Å². The lowest BCUT2D eigenvalue weighted by atomic mass is 9.77. The molecule has 2 aliphatic rings. The lowest BCUT2D eigenvalue weighted by Crippen LogP contribution is -2.29. The Morgan fingerprint density at radius 3 is 2.28 bits per heavy atom. The largest absolute Gasteiger partial charge is 0.508 e. The van der Waals surface area contributed by atoms with Crippen molar-refractivity contribution in [1.29, 1.82) is 0 Å². The SMILES string of the molecule is COc1cc([C@@H]2COc3cc(OC)c4c(c3[C@H]2OC(C)=O)CCc2cc(O)ccc2-4)cc(OC)c1O. The third-order valence-electron chi connectivity index (χ3n) is 6.91. The van der Waals surface area contributed by atoms with Crippen molar-refractivity contribution in [3.8, 4) is 45.6 Å². The van der Waals surface area contributed by atoms with Crippen molar-refractivity contribution in [2.75, 3.05) is 27.9 Å². The highest BCUT2D eigenvalue weighted by Gasteiger charge is 2.40. The van der Waals surface area contributed by atoms with Crippen LogP contribution in [0.25, 0.3) is 11.1 Å². The van der Waals surface area contributed by atoms with Gasteiger partial charge in [0.15, 0.2) is 11.5 Å². The summed E-state index contributed by atoms with van der Waals surface area (Å²) in [6.07, 6.45) is 0.708. The second-order valence-electron chi connectivity index (χ2n) is 8.91. The molecule has 3 aromatic carbocycles. The lowest BCUT2D eigenvalue weighted by Gasteiger charge is -2.37. The van der Waals surface area contributed by atoms with E-state index < -0.39 is 12.1 Å². The Hall–Kier alpha value is -4.07. The Morgan fingerprint density at radius 1 is 0.944 bits per heavy atom. The van der Waals surface area contributed by atoms with Crippen LogP contribution < -0.4 is 18.9 Å². The fraction of sp³-hybridized carbons (Fsp3) is 0.321. The molecule has 0 bridgehead atoms. The minimum atomic E-state index is -0.650. The number of phenolic OH excluding ortho intramolecular Hbond substituents is 2. The average Bonchev–Trinajstić information content (AvgIpc) is 2.87. The van der Waals surface area contributed by atoms with Gasteiger partial charge in [0, 0.05) is 24.1 Å². The molecule has 0 saturated heterocycles. The molecule has 8 heteroatoms. The van der Waals surface area contributed by atoms with Gasteiger partial charge in [0.1, 0.15) is 23.4 Å². The highest BCUT2D eigenvalue weighted by atomic mass is 16.6. The normalized spacial score (nSPS) is 17.7. The smallest absolute Gasteiger partial charge is 0.303 e. The topological polar surface area (TPSA) is 104 Å². The van der Waals surface area contributed by atoms with Crippen molar-refractivity contribution in [1.82, 2.24) is 0 Å². The predicted molar refractivity (Wildman–Crippen MR) is 131 cm³/mol. The maximum absolute atomic E-state index is 12.3. The molecule has 0 amide bonds. The van der Waals surface area contributed by atoms with Crippen LogP contribution >= 0.6 is 0 Å². The molecule has 0 saturated carbocycles. The number of fused-ring (bicyclic) bond motifs is 5. The summed E-state index contributed by atoms with van der Waals surface area (Å²) in [5, 5.41) is 20.4. The van der Waals surface area contributed by atoms with Crippen molar-refractivity contribution >= 4 is 5.97 Å². The number of phenols is 2.